The molecule has 0 bridgehead atoms. The number of thioether (sulfide) groups is 1. The zero-order chi connectivity index (χ0) is 26.5. The second-order valence-corrected chi connectivity index (χ2v) is 10.4. The van der Waals surface area contributed by atoms with Gasteiger partial charge in [0, 0.05) is 30.9 Å². The highest BCUT2D eigenvalue weighted by atomic mass is 35.5. The summed E-state index contributed by atoms with van der Waals surface area (Å²) in [5.74, 6) is -0.526. The Balaban J connectivity index is 1.41. The molecule has 4 heterocycles. The number of benzene rings is 1. The molecule has 2 unspecified atom stereocenters. The maximum atomic E-state index is 13.5. The van der Waals surface area contributed by atoms with Gasteiger partial charge >= 0.3 is 12.2 Å². The van der Waals surface area contributed by atoms with Crippen molar-refractivity contribution < 1.29 is 27.6 Å². The predicted octanol–water partition coefficient (Wildman–Crippen LogP) is 4.42. The van der Waals surface area contributed by atoms with E-state index in [-0.39, 0.29) is 23.5 Å². The quantitative estimate of drug-likeness (QED) is 0.549. The predicted molar refractivity (Wildman–Crippen MR) is 132 cm³/mol. The number of anilines is 2. The van der Waals surface area contributed by atoms with Gasteiger partial charge in [0.15, 0.2) is 0 Å². The van der Waals surface area contributed by atoms with Crippen LogP contribution in [0.15, 0.2) is 48.1 Å². The fraction of sp³-hybridized carbons (Fsp3) is 0.333. The van der Waals surface area contributed by atoms with E-state index in [0.29, 0.717) is 35.8 Å². The van der Waals surface area contributed by atoms with Gasteiger partial charge in [-0.1, -0.05) is 29.9 Å². The molecule has 0 radical (unpaired) electrons. The van der Waals surface area contributed by atoms with Crippen molar-refractivity contribution in [1.82, 2.24) is 20.5 Å². The van der Waals surface area contributed by atoms with Crippen molar-refractivity contribution in [2.75, 3.05) is 18.0 Å². The average molecular weight is 552 g/mol. The molecule has 3 atom stereocenters. The average Bonchev–Trinajstić information content (AvgIpc) is 3.23. The van der Waals surface area contributed by atoms with Crippen molar-refractivity contribution in [2.24, 2.45) is 0 Å². The summed E-state index contributed by atoms with van der Waals surface area (Å²) in [7, 11) is 0. The van der Waals surface area contributed by atoms with Crippen molar-refractivity contribution in [3.05, 3.63) is 59.3 Å². The molecule has 0 saturated carbocycles. The van der Waals surface area contributed by atoms with Gasteiger partial charge < -0.3 is 15.5 Å². The molecule has 0 spiro atoms. The fourth-order valence-electron chi connectivity index (χ4n) is 4.86. The number of urea groups is 1. The Hall–Kier alpha value is -3.25. The van der Waals surface area contributed by atoms with Gasteiger partial charge in [0.1, 0.15) is 10.3 Å². The van der Waals surface area contributed by atoms with Crippen LogP contribution in [-0.2, 0) is 15.8 Å². The number of carbonyl (C=O) groups is 3. The first kappa shape index (κ1) is 25.4. The third kappa shape index (κ3) is 4.63. The molecular weight excluding hydrogens is 531 g/mol. The van der Waals surface area contributed by atoms with E-state index in [0.717, 1.165) is 23.5 Å². The highest BCUT2D eigenvalue weighted by molar-refractivity contribution is 8.01. The number of aromatic nitrogens is 1. The minimum atomic E-state index is -4.70. The van der Waals surface area contributed by atoms with E-state index in [1.54, 1.807) is 4.90 Å². The standard InChI is InChI=1S/C24H21ClF3N5O3S/c1-2-17(34)32-9-3-4-12(11-32)30-21(35)20-19-18-16(7-8-29-22(18)37-20)33(23(36)31-19)13-5-6-15(25)14(10-13)24(26,27)28/h2,5-8,10,12,19-20H,1,3-4,9,11H2,(H,30,35)(H,31,36)/t12?,19?,20-/m1/s1. The number of amides is 4. The Morgan fingerprint density at radius 2 is 2.08 bits per heavy atom. The molecular formula is C24H21ClF3N5O3S. The van der Waals surface area contributed by atoms with Gasteiger partial charge in [0.25, 0.3) is 0 Å². The van der Waals surface area contributed by atoms with Gasteiger partial charge in [-0.3, -0.25) is 14.5 Å². The van der Waals surface area contributed by atoms with Crippen LogP contribution in [0.1, 0.15) is 30.0 Å². The number of likely N-dealkylation sites (tertiary alicyclic amines) is 1. The summed E-state index contributed by atoms with van der Waals surface area (Å²) in [6.07, 6.45) is -0.590. The molecule has 2 N–H and O–H groups in total. The van der Waals surface area contributed by atoms with E-state index >= 15 is 0 Å². The molecule has 2 aromatic rings. The molecule has 37 heavy (non-hydrogen) atoms. The van der Waals surface area contributed by atoms with Crippen LogP contribution in [0.2, 0.25) is 5.02 Å². The topological polar surface area (TPSA) is 94.6 Å². The van der Waals surface area contributed by atoms with Crippen LogP contribution in [0.4, 0.5) is 29.3 Å². The van der Waals surface area contributed by atoms with E-state index in [1.807, 2.05) is 0 Å². The van der Waals surface area contributed by atoms with Gasteiger partial charge in [-0.2, -0.15) is 13.2 Å². The zero-order valence-corrected chi connectivity index (χ0v) is 20.8. The van der Waals surface area contributed by atoms with E-state index in [2.05, 4.69) is 22.2 Å². The lowest BCUT2D eigenvalue weighted by molar-refractivity contribution is -0.137. The molecule has 13 heteroatoms. The summed E-state index contributed by atoms with van der Waals surface area (Å²) >= 11 is 6.94. The first-order valence-corrected chi connectivity index (χ1v) is 12.7. The third-order valence-electron chi connectivity index (χ3n) is 6.53. The lowest BCUT2D eigenvalue weighted by Gasteiger charge is -2.35. The Labute approximate surface area is 219 Å². The molecule has 5 rings (SSSR count). The monoisotopic (exact) mass is 551 g/mol. The molecule has 3 aliphatic rings. The number of nitrogens with zero attached hydrogens (tertiary/aromatic N) is 3. The van der Waals surface area contributed by atoms with Crippen molar-refractivity contribution in [3.63, 3.8) is 0 Å². The van der Waals surface area contributed by atoms with Gasteiger partial charge in [-0.05, 0) is 43.2 Å². The molecule has 8 nitrogen and oxygen atoms in total. The Bertz CT molecular complexity index is 1310. The van der Waals surface area contributed by atoms with Crippen LogP contribution in [0.3, 0.4) is 0 Å². The number of halogens is 4. The summed E-state index contributed by atoms with van der Waals surface area (Å²) in [4.78, 5) is 45.6. The fourth-order valence-corrected chi connectivity index (χ4v) is 6.32. The van der Waals surface area contributed by atoms with E-state index < -0.39 is 34.1 Å². The normalized spacial score (nSPS) is 22.8. The number of pyridine rings is 1. The second-order valence-electron chi connectivity index (χ2n) is 8.85. The van der Waals surface area contributed by atoms with Gasteiger partial charge in [0.2, 0.25) is 11.8 Å². The second kappa shape index (κ2) is 9.56. The summed E-state index contributed by atoms with van der Waals surface area (Å²) in [5.41, 5.74) is -0.177. The summed E-state index contributed by atoms with van der Waals surface area (Å²) in [5, 5.41) is 5.04. The van der Waals surface area contributed by atoms with E-state index in [1.165, 1.54) is 36.2 Å². The van der Waals surface area contributed by atoms with Crippen LogP contribution >= 0.6 is 23.4 Å². The number of piperidine rings is 1. The maximum absolute atomic E-state index is 13.5. The molecule has 0 aliphatic carbocycles. The summed E-state index contributed by atoms with van der Waals surface area (Å²) in [6, 6.07) is 3.12. The maximum Gasteiger partial charge on any atom is 0.417 e. The number of carbonyl (C=O) groups excluding carboxylic acids is 3. The lowest BCUT2D eigenvalue weighted by atomic mass is 9.99. The minimum Gasteiger partial charge on any atom is -0.351 e. The van der Waals surface area contributed by atoms with Crippen molar-refractivity contribution >= 4 is 52.6 Å². The summed E-state index contributed by atoms with van der Waals surface area (Å²) < 4.78 is 40.4. The number of nitrogens with one attached hydrogen (secondary N) is 2. The molecule has 194 valence electrons. The number of alkyl halides is 3. The number of hydrogen-bond acceptors (Lipinski definition) is 5. The van der Waals surface area contributed by atoms with Crippen LogP contribution in [-0.4, -0.2) is 52.1 Å². The number of hydrogen-bond donors (Lipinski definition) is 2. The minimum absolute atomic E-state index is 0.0202. The highest BCUT2D eigenvalue weighted by Crippen LogP contribution is 2.51. The van der Waals surface area contributed by atoms with Crippen LogP contribution in [0.25, 0.3) is 0 Å². The molecule has 1 saturated heterocycles. The number of rotatable bonds is 4. The first-order chi connectivity index (χ1) is 17.6. The van der Waals surface area contributed by atoms with Crippen molar-refractivity contribution in [2.45, 2.75) is 41.4 Å². The van der Waals surface area contributed by atoms with Crippen LogP contribution < -0.4 is 15.5 Å². The molecule has 1 aromatic heterocycles. The first-order valence-electron chi connectivity index (χ1n) is 11.4. The molecule has 3 aliphatic heterocycles. The third-order valence-corrected chi connectivity index (χ3v) is 8.15. The zero-order valence-electron chi connectivity index (χ0n) is 19.2. The van der Waals surface area contributed by atoms with Gasteiger partial charge in [-0.25, -0.2) is 9.78 Å². The largest absolute Gasteiger partial charge is 0.417 e. The molecule has 1 fully saturated rings. The van der Waals surface area contributed by atoms with E-state index in [4.69, 9.17) is 11.6 Å². The molecule has 4 amide bonds. The molecule has 1 aromatic carbocycles. The lowest BCUT2D eigenvalue weighted by Crippen LogP contribution is -2.53. The Morgan fingerprint density at radius 3 is 2.81 bits per heavy atom. The van der Waals surface area contributed by atoms with Crippen molar-refractivity contribution in [1.29, 1.82) is 0 Å². The highest BCUT2D eigenvalue weighted by Gasteiger charge is 2.47. The smallest absolute Gasteiger partial charge is 0.351 e. The van der Waals surface area contributed by atoms with Gasteiger partial charge in [-0.15, -0.1) is 0 Å². The SMILES string of the molecule is C=CC(=O)N1CCCC(NC(=O)[C@@H]2Sc3nccc4c3C2NC(=O)N4c2ccc(Cl)c(C(F)(F)F)c2)C1. The van der Waals surface area contributed by atoms with Crippen molar-refractivity contribution in [3.8, 4) is 0 Å². The van der Waals surface area contributed by atoms with E-state index in [9.17, 15) is 27.6 Å². The van der Waals surface area contributed by atoms with Gasteiger partial charge in [0.05, 0.1) is 28.0 Å². The van der Waals surface area contributed by atoms with Crippen LogP contribution in [0, 0.1) is 0 Å². The Morgan fingerprint density at radius 1 is 1.30 bits per heavy atom. The summed E-state index contributed by atoms with van der Waals surface area (Å²) in [6.45, 7) is 4.45. The Kier molecular flexibility index (Phi) is 6.57. The van der Waals surface area contributed by atoms with Crippen LogP contribution in [0.5, 0.6) is 0 Å².